The molecule has 2 aromatic rings. The van der Waals surface area contributed by atoms with Gasteiger partial charge >= 0.3 is 0 Å². The first-order valence-corrected chi connectivity index (χ1v) is 6.24. The molecule has 4 heteroatoms. The van der Waals surface area contributed by atoms with Gasteiger partial charge in [0.1, 0.15) is 5.75 Å². The van der Waals surface area contributed by atoms with Crippen LogP contribution in [-0.4, -0.2) is 12.2 Å². The highest BCUT2D eigenvalue weighted by Gasteiger charge is 2.11. The molecule has 0 fully saturated rings. The Hall–Kier alpha value is -1.71. The van der Waals surface area contributed by atoms with Crippen LogP contribution in [0.3, 0.4) is 0 Å². The molecule has 2 rings (SSSR count). The molecule has 0 saturated carbocycles. The average Bonchev–Trinajstić information content (AvgIpc) is 2.41. The summed E-state index contributed by atoms with van der Waals surface area (Å²) in [6.45, 7) is 1.80. The highest BCUT2D eigenvalue weighted by atomic mass is 35.5. The monoisotopic (exact) mass is 278 g/mol. The number of hydrogen-bond donors (Lipinski definition) is 1. The lowest BCUT2D eigenvalue weighted by atomic mass is 10.2. The summed E-state index contributed by atoms with van der Waals surface area (Å²) in [4.78, 5) is 0. The Bertz CT molecular complexity index is 582. The summed E-state index contributed by atoms with van der Waals surface area (Å²) in [5.41, 5.74) is 1.64. The Balaban J connectivity index is 2.39. The minimum Gasteiger partial charge on any atom is -0.493 e. The standard InChI is InChI=1S/C15H15ClO3/c1-10-6-7-14(15(8-10)18-2)19-13-5-3-4-12(16)11(13)9-17/h3-8,17H,9H2,1-2H3. The van der Waals surface area contributed by atoms with Crippen LogP contribution in [0.4, 0.5) is 0 Å². The number of benzene rings is 2. The van der Waals surface area contributed by atoms with Crippen LogP contribution in [0.25, 0.3) is 0 Å². The van der Waals surface area contributed by atoms with Crippen molar-refractivity contribution < 1.29 is 14.6 Å². The predicted octanol–water partition coefficient (Wildman–Crippen LogP) is 3.94. The highest BCUT2D eigenvalue weighted by Crippen LogP contribution is 2.35. The normalized spacial score (nSPS) is 10.3. The van der Waals surface area contributed by atoms with Gasteiger partial charge < -0.3 is 14.6 Å². The average molecular weight is 279 g/mol. The van der Waals surface area contributed by atoms with E-state index in [4.69, 9.17) is 21.1 Å². The molecule has 0 spiro atoms. The van der Waals surface area contributed by atoms with Gasteiger partial charge in [-0.15, -0.1) is 0 Å². The van der Waals surface area contributed by atoms with Gasteiger partial charge in [-0.2, -0.15) is 0 Å². The lowest BCUT2D eigenvalue weighted by Gasteiger charge is -2.14. The fourth-order valence-corrected chi connectivity index (χ4v) is 1.99. The van der Waals surface area contributed by atoms with Crippen LogP contribution in [0.15, 0.2) is 36.4 Å². The zero-order valence-corrected chi connectivity index (χ0v) is 11.6. The highest BCUT2D eigenvalue weighted by molar-refractivity contribution is 6.31. The lowest BCUT2D eigenvalue weighted by Crippen LogP contribution is -1.95. The van der Waals surface area contributed by atoms with Gasteiger partial charge in [-0.25, -0.2) is 0 Å². The summed E-state index contributed by atoms with van der Waals surface area (Å²) in [7, 11) is 1.59. The SMILES string of the molecule is COc1cc(C)ccc1Oc1cccc(Cl)c1CO. The van der Waals surface area contributed by atoms with Gasteiger partial charge in [0, 0.05) is 10.6 Å². The molecule has 0 aliphatic heterocycles. The molecular formula is C15H15ClO3. The maximum Gasteiger partial charge on any atom is 0.169 e. The molecule has 0 saturated heterocycles. The van der Waals surface area contributed by atoms with Crippen molar-refractivity contribution in [1.82, 2.24) is 0 Å². The topological polar surface area (TPSA) is 38.7 Å². The zero-order chi connectivity index (χ0) is 13.8. The van der Waals surface area contributed by atoms with Crippen molar-refractivity contribution >= 4 is 11.6 Å². The van der Waals surface area contributed by atoms with Gasteiger partial charge in [0.25, 0.3) is 0 Å². The summed E-state index contributed by atoms with van der Waals surface area (Å²) in [5.74, 6) is 1.76. The zero-order valence-electron chi connectivity index (χ0n) is 10.8. The summed E-state index contributed by atoms with van der Waals surface area (Å²) < 4.78 is 11.1. The van der Waals surface area contributed by atoms with Crippen LogP contribution >= 0.6 is 11.6 Å². The second kappa shape index (κ2) is 5.95. The minimum atomic E-state index is -0.177. The van der Waals surface area contributed by atoms with Crippen LogP contribution in [-0.2, 0) is 6.61 Å². The second-order valence-corrected chi connectivity index (χ2v) is 4.54. The third kappa shape index (κ3) is 3.00. The van der Waals surface area contributed by atoms with E-state index in [0.29, 0.717) is 27.8 Å². The molecule has 0 unspecified atom stereocenters. The van der Waals surface area contributed by atoms with E-state index in [1.165, 1.54) is 0 Å². The molecule has 0 amide bonds. The van der Waals surface area contributed by atoms with Crippen molar-refractivity contribution in [3.05, 3.63) is 52.5 Å². The minimum absolute atomic E-state index is 0.177. The van der Waals surface area contributed by atoms with E-state index >= 15 is 0 Å². The number of aliphatic hydroxyl groups excluding tert-OH is 1. The molecule has 0 heterocycles. The Morgan fingerprint density at radius 3 is 2.58 bits per heavy atom. The van der Waals surface area contributed by atoms with E-state index < -0.39 is 0 Å². The molecule has 0 aliphatic carbocycles. The Labute approximate surface area is 117 Å². The van der Waals surface area contributed by atoms with Gasteiger partial charge in [0.05, 0.1) is 13.7 Å². The third-order valence-corrected chi connectivity index (χ3v) is 3.13. The fraction of sp³-hybridized carbons (Fsp3) is 0.200. The van der Waals surface area contributed by atoms with Crippen molar-refractivity contribution in [2.45, 2.75) is 13.5 Å². The third-order valence-electron chi connectivity index (χ3n) is 2.77. The van der Waals surface area contributed by atoms with Crippen molar-refractivity contribution in [2.24, 2.45) is 0 Å². The largest absolute Gasteiger partial charge is 0.493 e. The molecular weight excluding hydrogens is 264 g/mol. The van der Waals surface area contributed by atoms with E-state index in [9.17, 15) is 5.11 Å². The van der Waals surface area contributed by atoms with Crippen molar-refractivity contribution in [3.8, 4) is 17.2 Å². The summed E-state index contributed by atoms with van der Waals surface area (Å²) in [5, 5.41) is 9.83. The predicted molar refractivity (Wildman–Crippen MR) is 75.2 cm³/mol. The van der Waals surface area contributed by atoms with Crippen molar-refractivity contribution in [3.63, 3.8) is 0 Å². The van der Waals surface area contributed by atoms with Crippen molar-refractivity contribution in [1.29, 1.82) is 0 Å². The Morgan fingerprint density at radius 1 is 1.11 bits per heavy atom. The fourth-order valence-electron chi connectivity index (χ4n) is 1.77. The van der Waals surface area contributed by atoms with Gasteiger partial charge in [0.15, 0.2) is 11.5 Å². The number of ether oxygens (including phenoxy) is 2. The van der Waals surface area contributed by atoms with Crippen molar-refractivity contribution in [2.75, 3.05) is 7.11 Å². The van der Waals surface area contributed by atoms with Gasteiger partial charge in [-0.1, -0.05) is 23.7 Å². The summed E-state index contributed by atoms with van der Waals surface area (Å²) in [6.07, 6.45) is 0. The van der Waals surface area contributed by atoms with Crippen LogP contribution < -0.4 is 9.47 Å². The number of methoxy groups -OCH3 is 1. The lowest BCUT2D eigenvalue weighted by molar-refractivity contribution is 0.276. The van der Waals surface area contributed by atoms with Gasteiger partial charge in [-0.3, -0.25) is 0 Å². The molecule has 0 radical (unpaired) electrons. The first kappa shape index (κ1) is 13.7. The molecule has 0 atom stereocenters. The molecule has 2 aromatic carbocycles. The van der Waals surface area contributed by atoms with Crippen LogP contribution in [0.2, 0.25) is 5.02 Å². The first-order valence-electron chi connectivity index (χ1n) is 5.86. The van der Waals surface area contributed by atoms with E-state index in [0.717, 1.165) is 5.56 Å². The van der Waals surface area contributed by atoms with E-state index in [-0.39, 0.29) is 6.61 Å². The number of halogens is 1. The molecule has 0 aromatic heterocycles. The van der Waals surface area contributed by atoms with E-state index in [2.05, 4.69) is 0 Å². The molecule has 0 bridgehead atoms. The second-order valence-electron chi connectivity index (χ2n) is 4.13. The number of aryl methyl sites for hydroxylation is 1. The van der Waals surface area contributed by atoms with Gasteiger partial charge in [-0.05, 0) is 36.8 Å². The number of aliphatic hydroxyl groups is 1. The van der Waals surface area contributed by atoms with E-state index in [1.54, 1.807) is 25.3 Å². The maximum absolute atomic E-state index is 9.35. The molecule has 1 N–H and O–H groups in total. The molecule has 100 valence electrons. The summed E-state index contributed by atoms with van der Waals surface area (Å²) in [6, 6.07) is 10.9. The number of hydrogen-bond acceptors (Lipinski definition) is 3. The van der Waals surface area contributed by atoms with Gasteiger partial charge in [0.2, 0.25) is 0 Å². The first-order chi connectivity index (χ1) is 9.15. The summed E-state index contributed by atoms with van der Waals surface area (Å²) >= 11 is 6.02. The van der Waals surface area contributed by atoms with E-state index in [1.807, 2.05) is 25.1 Å². The Morgan fingerprint density at radius 2 is 1.89 bits per heavy atom. The van der Waals surface area contributed by atoms with Crippen LogP contribution in [0, 0.1) is 6.92 Å². The maximum atomic E-state index is 9.35. The Kier molecular flexibility index (Phi) is 4.30. The molecule has 0 aliphatic rings. The number of rotatable bonds is 4. The van der Waals surface area contributed by atoms with Crippen LogP contribution in [0.1, 0.15) is 11.1 Å². The smallest absolute Gasteiger partial charge is 0.169 e. The molecule has 3 nitrogen and oxygen atoms in total. The quantitative estimate of drug-likeness (QED) is 0.920. The van der Waals surface area contributed by atoms with Crippen LogP contribution in [0.5, 0.6) is 17.2 Å². The molecule has 19 heavy (non-hydrogen) atoms.